The molecule has 2 rings (SSSR count). The highest BCUT2D eigenvalue weighted by atomic mass is 32.2. The molecule has 0 N–H and O–H groups in total. The Hall–Kier alpha value is -2.08. The fraction of sp³-hybridized carbons (Fsp3) is 0.214. The van der Waals surface area contributed by atoms with E-state index in [1.54, 1.807) is 6.08 Å². The van der Waals surface area contributed by atoms with Crippen molar-refractivity contribution < 1.29 is 9.90 Å². The van der Waals surface area contributed by atoms with E-state index in [4.69, 9.17) is 0 Å². The number of allylic oxidation sites excluding steroid dienone is 1. The van der Waals surface area contributed by atoms with Crippen LogP contribution in [0.25, 0.3) is 11.4 Å². The summed E-state index contributed by atoms with van der Waals surface area (Å²) in [6, 6.07) is 7.91. The van der Waals surface area contributed by atoms with Crippen LogP contribution in [0.3, 0.4) is 0 Å². The van der Waals surface area contributed by atoms with Crippen LogP contribution in [0.2, 0.25) is 0 Å². The number of hydrogen-bond donors (Lipinski definition) is 0. The zero-order valence-electron chi connectivity index (χ0n) is 11.1. The standard InChI is InChI=1S/C14H15N3O2S/c1-3-7-17-13(11-6-4-5-10(2)8-11)15-16-14(17)20-9-12(18)19/h3-6,8H,1,7,9H2,2H3,(H,18,19)/p-1. The van der Waals surface area contributed by atoms with E-state index < -0.39 is 5.97 Å². The van der Waals surface area contributed by atoms with Crippen LogP contribution in [0.5, 0.6) is 0 Å². The molecule has 1 aromatic heterocycles. The second-order valence-corrected chi connectivity index (χ2v) is 5.18. The number of aryl methyl sites for hydroxylation is 1. The van der Waals surface area contributed by atoms with E-state index in [9.17, 15) is 9.90 Å². The van der Waals surface area contributed by atoms with E-state index in [0.717, 1.165) is 22.9 Å². The number of rotatable bonds is 6. The van der Waals surface area contributed by atoms with Crippen LogP contribution in [0.4, 0.5) is 0 Å². The highest BCUT2D eigenvalue weighted by molar-refractivity contribution is 7.99. The monoisotopic (exact) mass is 288 g/mol. The van der Waals surface area contributed by atoms with Crippen molar-refractivity contribution in [1.82, 2.24) is 14.8 Å². The van der Waals surface area contributed by atoms with Gasteiger partial charge in [-0.15, -0.1) is 16.8 Å². The number of thioether (sulfide) groups is 1. The molecule has 104 valence electrons. The molecule has 0 aliphatic heterocycles. The van der Waals surface area contributed by atoms with E-state index in [0.29, 0.717) is 17.5 Å². The first-order valence-electron chi connectivity index (χ1n) is 6.05. The molecule has 0 saturated carbocycles. The summed E-state index contributed by atoms with van der Waals surface area (Å²) >= 11 is 1.09. The minimum absolute atomic E-state index is 0.150. The molecule has 20 heavy (non-hydrogen) atoms. The Morgan fingerprint density at radius 1 is 1.50 bits per heavy atom. The van der Waals surface area contributed by atoms with Crippen LogP contribution in [0.1, 0.15) is 5.56 Å². The summed E-state index contributed by atoms with van der Waals surface area (Å²) in [5.41, 5.74) is 2.07. The Kier molecular flexibility index (Phi) is 4.57. The van der Waals surface area contributed by atoms with Crippen molar-refractivity contribution in [2.75, 3.05) is 5.75 Å². The van der Waals surface area contributed by atoms with Crippen LogP contribution in [-0.4, -0.2) is 26.5 Å². The number of carbonyl (C=O) groups is 1. The number of carboxylic acids is 1. The van der Waals surface area contributed by atoms with Crippen molar-refractivity contribution in [3.8, 4) is 11.4 Å². The van der Waals surface area contributed by atoms with Crippen molar-refractivity contribution >= 4 is 17.7 Å². The molecular weight excluding hydrogens is 274 g/mol. The lowest BCUT2D eigenvalue weighted by Crippen LogP contribution is -2.24. The van der Waals surface area contributed by atoms with Crippen molar-refractivity contribution in [1.29, 1.82) is 0 Å². The van der Waals surface area contributed by atoms with Gasteiger partial charge >= 0.3 is 0 Å². The predicted octanol–water partition coefficient (Wildman–Crippen LogP) is 1.28. The third-order valence-corrected chi connectivity index (χ3v) is 3.56. The van der Waals surface area contributed by atoms with Gasteiger partial charge in [0.1, 0.15) is 0 Å². The highest BCUT2D eigenvalue weighted by Gasteiger charge is 2.13. The lowest BCUT2D eigenvalue weighted by molar-refractivity contribution is -0.301. The van der Waals surface area contributed by atoms with Gasteiger partial charge in [-0.3, -0.25) is 4.57 Å². The first-order valence-corrected chi connectivity index (χ1v) is 7.04. The number of benzene rings is 1. The number of nitrogens with zero attached hydrogens (tertiary/aromatic N) is 3. The van der Waals surface area contributed by atoms with Gasteiger partial charge in [-0.2, -0.15) is 0 Å². The van der Waals surface area contributed by atoms with Gasteiger partial charge in [-0.25, -0.2) is 0 Å². The zero-order chi connectivity index (χ0) is 14.5. The zero-order valence-corrected chi connectivity index (χ0v) is 11.9. The molecule has 0 fully saturated rings. The molecule has 0 aliphatic carbocycles. The van der Waals surface area contributed by atoms with Gasteiger partial charge in [0.25, 0.3) is 0 Å². The van der Waals surface area contributed by atoms with Gasteiger partial charge in [-0.1, -0.05) is 41.6 Å². The maximum atomic E-state index is 10.6. The number of hydrogen-bond acceptors (Lipinski definition) is 5. The molecule has 1 heterocycles. The molecule has 0 aliphatic rings. The summed E-state index contributed by atoms with van der Waals surface area (Å²) in [6.07, 6.45) is 1.73. The van der Waals surface area contributed by atoms with E-state index in [2.05, 4.69) is 16.8 Å². The van der Waals surface area contributed by atoms with Crippen molar-refractivity contribution in [2.24, 2.45) is 0 Å². The number of aromatic nitrogens is 3. The smallest absolute Gasteiger partial charge is 0.192 e. The normalized spacial score (nSPS) is 10.4. The average Bonchev–Trinajstić information content (AvgIpc) is 2.80. The van der Waals surface area contributed by atoms with Gasteiger partial charge in [0.15, 0.2) is 11.0 Å². The van der Waals surface area contributed by atoms with E-state index in [1.165, 1.54) is 0 Å². The van der Waals surface area contributed by atoms with Gasteiger partial charge in [0, 0.05) is 17.9 Å². The maximum absolute atomic E-state index is 10.6. The second-order valence-electron chi connectivity index (χ2n) is 4.24. The Bertz CT molecular complexity index is 637. The molecule has 0 saturated heterocycles. The van der Waals surface area contributed by atoms with Crippen LogP contribution in [-0.2, 0) is 11.3 Å². The topological polar surface area (TPSA) is 70.8 Å². The predicted molar refractivity (Wildman–Crippen MR) is 76.1 cm³/mol. The third kappa shape index (κ3) is 3.27. The lowest BCUT2D eigenvalue weighted by Gasteiger charge is -2.08. The molecular formula is C14H14N3O2S-. The molecule has 6 heteroatoms. The molecule has 1 aromatic carbocycles. The summed E-state index contributed by atoms with van der Waals surface area (Å²) in [6.45, 7) is 6.23. The second kappa shape index (κ2) is 6.38. The van der Waals surface area contributed by atoms with Gasteiger partial charge in [0.05, 0.1) is 5.97 Å². The number of carboxylic acid groups (broad SMARTS) is 1. The quantitative estimate of drug-likeness (QED) is 0.591. The Morgan fingerprint density at radius 2 is 2.30 bits per heavy atom. The van der Waals surface area contributed by atoms with Crippen LogP contribution >= 0.6 is 11.8 Å². The summed E-state index contributed by atoms with van der Waals surface area (Å²) in [5.74, 6) is -0.571. The average molecular weight is 288 g/mol. The SMILES string of the molecule is C=CCn1c(SCC(=O)[O-])nnc1-c1cccc(C)c1. The summed E-state index contributed by atoms with van der Waals surface area (Å²) in [5, 5.41) is 19.3. The van der Waals surface area contributed by atoms with Crippen LogP contribution in [0, 0.1) is 6.92 Å². The highest BCUT2D eigenvalue weighted by Crippen LogP contribution is 2.24. The summed E-state index contributed by atoms with van der Waals surface area (Å²) in [7, 11) is 0. The Balaban J connectivity index is 2.38. The van der Waals surface area contributed by atoms with E-state index in [-0.39, 0.29) is 5.75 Å². The fourth-order valence-electron chi connectivity index (χ4n) is 1.81. The summed E-state index contributed by atoms with van der Waals surface area (Å²) < 4.78 is 1.84. The van der Waals surface area contributed by atoms with E-state index >= 15 is 0 Å². The van der Waals surface area contributed by atoms with Gasteiger partial charge < -0.3 is 9.90 Å². The van der Waals surface area contributed by atoms with Gasteiger partial charge in [0.2, 0.25) is 0 Å². The molecule has 0 spiro atoms. The third-order valence-electron chi connectivity index (χ3n) is 2.62. The molecule has 0 bridgehead atoms. The van der Waals surface area contributed by atoms with Gasteiger partial charge in [-0.05, 0) is 13.0 Å². The Morgan fingerprint density at radius 3 is 2.95 bits per heavy atom. The Labute approximate surface area is 121 Å². The molecule has 0 radical (unpaired) electrons. The summed E-state index contributed by atoms with van der Waals surface area (Å²) in [4.78, 5) is 10.6. The molecule has 2 aromatic rings. The molecule has 0 atom stereocenters. The molecule has 0 unspecified atom stereocenters. The van der Waals surface area contributed by atoms with Crippen molar-refractivity contribution in [3.05, 3.63) is 42.5 Å². The van der Waals surface area contributed by atoms with Crippen LogP contribution in [0.15, 0.2) is 42.1 Å². The largest absolute Gasteiger partial charge is 0.549 e. The first-order chi connectivity index (χ1) is 9.61. The molecule has 0 amide bonds. The fourth-order valence-corrected chi connectivity index (χ4v) is 2.47. The minimum atomic E-state index is -1.12. The molecule has 5 nitrogen and oxygen atoms in total. The van der Waals surface area contributed by atoms with Crippen molar-refractivity contribution in [3.63, 3.8) is 0 Å². The number of aliphatic carboxylic acids is 1. The van der Waals surface area contributed by atoms with E-state index in [1.807, 2.05) is 35.8 Å². The number of carbonyl (C=O) groups excluding carboxylic acids is 1. The maximum Gasteiger partial charge on any atom is 0.192 e. The first kappa shape index (κ1) is 14.3. The lowest BCUT2D eigenvalue weighted by atomic mass is 10.1. The van der Waals surface area contributed by atoms with Crippen LogP contribution < -0.4 is 5.11 Å². The van der Waals surface area contributed by atoms with Crippen molar-refractivity contribution in [2.45, 2.75) is 18.6 Å². The minimum Gasteiger partial charge on any atom is -0.549 e.